The minimum atomic E-state index is -0.909. The van der Waals surface area contributed by atoms with Crippen molar-refractivity contribution in [3.8, 4) is 0 Å². The molecule has 0 bridgehead atoms. The van der Waals surface area contributed by atoms with E-state index in [1.54, 1.807) is 25.2 Å². The number of nitrogens with one attached hydrogen (secondary N) is 1. The summed E-state index contributed by atoms with van der Waals surface area (Å²) in [7, 11) is 0. The van der Waals surface area contributed by atoms with Crippen molar-refractivity contribution < 1.29 is 14.7 Å². The van der Waals surface area contributed by atoms with E-state index in [1.165, 1.54) is 0 Å². The molecule has 0 saturated heterocycles. The van der Waals surface area contributed by atoms with Gasteiger partial charge in [0.05, 0.1) is 6.42 Å². The van der Waals surface area contributed by atoms with Crippen molar-refractivity contribution in [2.75, 3.05) is 0 Å². The first-order valence-electron chi connectivity index (χ1n) is 5.44. The third-order valence-electron chi connectivity index (χ3n) is 2.25. The van der Waals surface area contributed by atoms with Crippen LogP contribution in [0.3, 0.4) is 0 Å². The molecule has 0 aromatic carbocycles. The van der Waals surface area contributed by atoms with Gasteiger partial charge in [-0.1, -0.05) is 6.07 Å². The van der Waals surface area contributed by atoms with Gasteiger partial charge in [0.15, 0.2) is 0 Å². The molecule has 94 valence electrons. The van der Waals surface area contributed by atoms with Gasteiger partial charge < -0.3 is 10.4 Å². The normalized spacial score (nSPS) is 11.2. The van der Waals surface area contributed by atoms with Crippen molar-refractivity contribution in [3.05, 3.63) is 22.4 Å². The summed E-state index contributed by atoms with van der Waals surface area (Å²) in [6, 6.07) is 3.94. The van der Waals surface area contributed by atoms with Crippen molar-refractivity contribution in [2.24, 2.45) is 0 Å². The average Bonchev–Trinajstić information content (AvgIpc) is 2.63. The van der Waals surface area contributed by atoms with Crippen molar-refractivity contribution in [2.45, 2.75) is 38.6 Å². The Morgan fingerprint density at radius 3 is 2.71 bits per heavy atom. The van der Waals surface area contributed by atoms with Gasteiger partial charge in [-0.25, -0.2) is 0 Å². The number of aryl methyl sites for hydroxylation is 1. The molecule has 1 amide bonds. The molecule has 4 nitrogen and oxygen atoms in total. The Hall–Kier alpha value is -1.36. The summed E-state index contributed by atoms with van der Waals surface area (Å²) < 4.78 is 0. The number of carboxylic acid groups (broad SMARTS) is 1. The molecule has 1 heterocycles. The molecule has 0 unspecified atom stereocenters. The minimum absolute atomic E-state index is 0.0717. The van der Waals surface area contributed by atoms with Crippen LogP contribution in [0.25, 0.3) is 0 Å². The fourth-order valence-electron chi connectivity index (χ4n) is 1.55. The van der Waals surface area contributed by atoms with Gasteiger partial charge in [-0.05, 0) is 31.7 Å². The van der Waals surface area contributed by atoms with Crippen LogP contribution in [-0.2, 0) is 16.0 Å². The highest BCUT2D eigenvalue weighted by Crippen LogP contribution is 2.12. The van der Waals surface area contributed by atoms with Crippen LogP contribution in [0.2, 0.25) is 0 Å². The molecule has 0 spiro atoms. The van der Waals surface area contributed by atoms with E-state index in [9.17, 15) is 9.59 Å². The molecule has 5 heteroatoms. The predicted molar refractivity (Wildman–Crippen MR) is 67.1 cm³/mol. The van der Waals surface area contributed by atoms with Gasteiger partial charge in [0.25, 0.3) is 0 Å². The summed E-state index contributed by atoms with van der Waals surface area (Å²) in [5.74, 6) is -1.02. The summed E-state index contributed by atoms with van der Waals surface area (Å²) in [4.78, 5) is 23.4. The number of hydrogen-bond acceptors (Lipinski definition) is 3. The van der Waals surface area contributed by atoms with E-state index in [0.717, 1.165) is 4.88 Å². The third kappa shape index (κ3) is 5.49. The molecule has 0 aliphatic rings. The fraction of sp³-hybridized carbons (Fsp3) is 0.500. The lowest BCUT2D eigenvalue weighted by Crippen LogP contribution is -2.44. The topological polar surface area (TPSA) is 66.4 Å². The number of rotatable bonds is 6. The first-order valence-corrected chi connectivity index (χ1v) is 6.32. The standard InChI is InChI=1S/C12H17NO3S/c1-12(2,8-11(15)16)13-10(14)6-5-9-4-3-7-17-9/h3-4,7H,5-6,8H2,1-2H3,(H,13,14)(H,15,16). The highest BCUT2D eigenvalue weighted by atomic mass is 32.1. The van der Waals surface area contributed by atoms with Crippen LogP contribution in [0.5, 0.6) is 0 Å². The van der Waals surface area contributed by atoms with E-state index < -0.39 is 11.5 Å². The number of hydrogen-bond donors (Lipinski definition) is 2. The second-order valence-electron chi connectivity index (χ2n) is 4.58. The second-order valence-corrected chi connectivity index (χ2v) is 5.61. The number of aliphatic carboxylic acids is 1. The maximum absolute atomic E-state index is 11.6. The van der Waals surface area contributed by atoms with Gasteiger partial charge in [0.2, 0.25) is 5.91 Å². The molecule has 0 aliphatic heterocycles. The van der Waals surface area contributed by atoms with E-state index in [0.29, 0.717) is 12.8 Å². The number of thiophene rings is 1. The number of carbonyl (C=O) groups excluding carboxylic acids is 1. The Morgan fingerprint density at radius 2 is 2.18 bits per heavy atom. The van der Waals surface area contributed by atoms with E-state index in [4.69, 9.17) is 5.11 Å². The predicted octanol–water partition coefficient (Wildman–Crippen LogP) is 2.05. The summed E-state index contributed by atoms with van der Waals surface area (Å²) >= 11 is 1.62. The molecule has 0 atom stereocenters. The summed E-state index contributed by atoms with van der Waals surface area (Å²) in [6.07, 6.45) is 1.02. The average molecular weight is 255 g/mol. The van der Waals surface area contributed by atoms with Crippen LogP contribution in [-0.4, -0.2) is 22.5 Å². The Balaban J connectivity index is 2.36. The van der Waals surface area contributed by atoms with E-state index >= 15 is 0 Å². The highest BCUT2D eigenvalue weighted by Gasteiger charge is 2.23. The molecule has 1 aromatic rings. The molecule has 2 N–H and O–H groups in total. The molecule has 0 aliphatic carbocycles. The first-order chi connectivity index (χ1) is 7.89. The van der Waals surface area contributed by atoms with E-state index in [2.05, 4.69) is 5.32 Å². The molecular weight excluding hydrogens is 238 g/mol. The molecular formula is C12H17NO3S. The van der Waals surface area contributed by atoms with Gasteiger partial charge in [0, 0.05) is 16.8 Å². The lowest BCUT2D eigenvalue weighted by atomic mass is 10.0. The zero-order chi connectivity index (χ0) is 12.9. The highest BCUT2D eigenvalue weighted by molar-refractivity contribution is 7.09. The van der Waals surface area contributed by atoms with E-state index in [1.807, 2.05) is 17.5 Å². The Morgan fingerprint density at radius 1 is 1.47 bits per heavy atom. The number of carboxylic acids is 1. The minimum Gasteiger partial charge on any atom is -0.481 e. The van der Waals surface area contributed by atoms with Gasteiger partial charge >= 0.3 is 5.97 Å². The van der Waals surface area contributed by atoms with Gasteiger partial charge in [-0.15, -0.1) is 11.3 Å². The summed E-state index contributed by atoms with van der Waals surface area (Å²) in [5, 5.41) is 13.4. The van der Waals surface area contributed by atoms with Gasteiger partial charge in [0.1, 0.15) is 0 Å². The third-order valence-corrected chi connectivity index (χ3v) is 3.19. The SMILES string of the molecule is CC(C)(CC(=O)O)NC(=O)CCc1cccs1. The lowest BCUT2D eigenvalue weighted by Gasteiger charge is -2.24. The lowest BCUT2D eigenvalue weighted by molar-refractivity contribution is -0.138. The molecule has 0 radical (unpaired) electrons. The van der Waals surface area contributed by atoms with E-state index in [-0.39, 0.29) is 12.3 Å². The molecule has 1 aromatic heterocycles. The van der Waals surface area contributed by atoms with Crippen molar-refractivity contribution in [3.63, 3.8) is 0 Å². The van der Waals surface area contributed by atoms with Crippen LogP contribution in [0.1, 0.15) is 31.6 Å². The Bertz CT molecular complexity index is 384. The number of carbonyl (C=O) groups is 2. The van der Waals surface area contributed by atoms with Crippen molar-refractivity contribution >= 4 is 23.2 Å². The molecule has 0 saturated carbocycles. The maximum Gasteiger partial charge on any atom is 0.305 e. The zero-order valence-electron chi connectivity index (χ0n) is 10.0. The zero-order valence-corrected chi connectivity index (χ0v) is 10.8. The smallest absolute Gasteiger partial charge is 0.305 e. The van der Waals surface area contributed by atoms with Gasteiger partial charge in [-0.3, -0.25) is 9.59 Å². The van der Waals surface area contributed by atoms with Crippen LogP contribution < -0.4 is 5.32 Å². The summed E-state index contributed by atoms with van der Waals surface area (Å²) in [5.41, 5.74) is -0.696. The van der Waals surface area contributed by atoms with Crippen LogP contribution in [0, 0.1) is 0 Å². The van der Waals surface area contributed by atoms with Gasteiger partial charge in [-0.2, -0.15) is 0 Å². The first kappa shape index (κ1) is 13.7. The quantitative estimate of drug-likeness (QED) is 0.817. The molecule has 1 rings (SSSR count). The van der Waals surface area contributed by atoms with Crippen molar-refractivity contribution in [1.29, 1.82) is 0 Å². The monoisotopic (exact) mass is 255 g/mol. The van der Waals surface area contributed by atoms with Crippen molar-refractivity contribution in [1.82, 2.24) is 5.32 Å². The number of amides is 1. The Kier molecular flexibility index (Phi) is 4.69. The Labute approximate surface area is 105 Å². The summed E-state index contributed by atoms with van der Waals surface area (Å²) in [6.45, 7) is 3.42. The fourth-order valence-corrected chi connectivity index (χ4v) is 2.26. The van der Waals surface area contributed by atoms with Crippen LogP contribution in [0.4, 0.5) is 0 Å². The largest absolute Gasteiger partial charge is 0.481 e. The molecule has 0 fully saturated rings. The van der Waals surface area contributed by atoms with Crippen LogP contribution >= 0.6 is 11.3 Å². The molecule has 17 heavy (non-hydrogen) atoms. The second kappa shape index (κ2) is 5.82. The van der Waals surface area contributed by atoms with Crippen LogP contribution in [0.15, 0.2) is 17.5 Å². The maximum atomic E-state index is 11.6.